The van der Waals surface area contributed by atoms with Crippen molar-refractivity contribution < 1.29 is 27.5 Å². The Morgan fingerprint density at radius 1 is 0.806 bits per heavy atom. The maximum Gasteiger partial charge on any atom is 0.261 e. The van der Waals surface area contributed by atoms with Crippen LogP contribution < -0.4 is 5.73 Å². The van der Waals surface area contributed by atoms with Gasteiger partial charge in [-0.25, -0.2) is 0 Å². The van der Waals surface area contributed by atoms with Gasteiger partial charge in [0.1, 0.15) is 0 Å². The van der Waals surface area contributed by atoms with Crippen LogP contribution in [-0.2, 0) is 24.6 Å². The third-order valence-corrected chi connectivity index (χ3v) is 9.22. The first-order valence-corrected chi connectivity index (χ1v) is 14.2. The summed E-state index contributed by atoms with van der Waals surface area (Å²) < 4.78 is 32.7. The molecule has 3 N–H and O–H groups in total. The molecular formula is C23H39NO6S. The zero-order valence-electron chi connectivity index (χ0n) is 18.7. The van der Waals surface area contributed by atoms with Gasteiger partial charge in [0, 0.05) is 30.7 Å². The Hall–Kier alpha value is -0.250. The molecule has 2 spiro atoms. The van der Waals surface area contributed by atoms with Crippen molar-refractivity contribution in [2.24, 2.45) is 41.2 Å². The Kier molecular flexibility index (Phi) is 5.96. The van der Waals surface area contributed by atoms with E-state index in [1.165, 1.54) is 70.6 Å². The molecular weight excluding hydrogens is 418 g/mol. The van der Waals surface area contributed by atoms with Gasteiger partial charge in [0.25, 0.3) is 10.1 Å². The van der Waals surface area contributed by atoms with Crippen LogP contribution in [0.1, 0.15) is 83.5 Å². The van der Waals surface area contributed by atoms with Crippen molar-refractivity contribution in [2.75, 3.05) is 6.26 Å². The molecule has 0 amide bonds. The summed E-state index contributed by atoms with van der Waals surface area (Å²) >= 11 is 0. The Morgan fingerprint density at radius 3 is 1.81 bits per heavy atom. The third-order valence-electron chi connectivity index (χ3n) is 9.22. The second-order valence-corrected chi connectivity index (χ2v) is 12.9. The van der Waals surface area contributed by atoms with Gasteiger partial charge in [0.05, 0.1) is 6.26 Å². The lowest BCUT2D eigenvalue weighted by Gasteiger charge is -2.57. The van der Waals surface area contributed by atoms with Crippen molar-refractivity contribution in [1.29, 1.82) is 0 Å². The molecule has 0 atom stereocenters. The van der Waals surface area contributed by atoms with E-state index < -0.39 is 21.7 Å². The minimum Gasteiger partial charge on any atom is -0.328 e. The second-order valence-electron chi connectivity index (χ2n) is 11.5. The highest BCUT2D eigenvalue weighted by molar-refractivity contribution is 7.85. The Morgan fingerprint density at radius 2 is 1.29 bits per heavy atom. The highest BCUT2D eigenvalue weighted by atomic mass is 32.2. The van der Waals surface area contributed by atoms with Crippen molar-refractivity contribution >= 4 is 10.1 Å². The second kappa shape index (κ2) is 8.20. The Bertz CT molecular complexity index is 718. The molecule has 1 aliphatic heterocycles. The van der Waals surface area contributed by atoms with Crippen molar-refractivity contribution in [2.45, 2.75) is 101 Å². The van der Waals surface area contributed by atoms with Gasteiger partial charge in [-0.1, -0.05) is 0 Å². The monoisotopic (exact) mass is 457 g/mol. The molecule has 7 fully saturated rings. The molecule has 178 valence electrons. The third kappa shape index (κ3) is 4.58. The molecule has 0 radical (unpaired) electrons. The standard InChI is InChI=1S/C22H35NO3.CH4O3S/c23-20-3-1-16(2-4-20)17-5-7-21(8-6-17)24-22(26-25-21)18-10-14-9-15(12-18)13-19(22)11-14;1-5(2,3)4/h14-20H,1-13,23H2;1H3,(H,2,3,4). The van der Waals surface area contributed by atoms with Crippen molar-refractivity contribution in [1.82, 2.24) is 0 Å². The van der Waals surface area contributed by atoms with E-state index in [1.807, 2.05) is 0 Å². The Labute approximate surface area is 186 Å². The van der Waals surface area contributed by atoms with Gasteiger partial charge < -0.3 is 10.5 Å². The summed E-state index contributed by atoms with van der Waals surface area (Å²) in [7, 11) is -3.67. The van der Waals surface area contributed by atoms with E-state index in [1.54, 1.807) is 0 Å². The largest absolute Gasteiger partial charge is 0.328 e. The maximum atomic E-state index is 9.19. The average Bonchev–Trinajstić information content (AvgIpc) is 3.06. The normalized spacial score (nSPS) is 51.1. The first-order valence-electron chi connectivity index (χ1n) is 12.4. The molecule has 6 saturated carbocycles. The fraction of sp³-hybridized carbons (Fsp3) is 1.00. The average molecular weight is 458 g/mol. The number of hydrogen-bond acceptors (Lipinski definition) is 6. The van der Waals surface area contributed by atoms with Crippen LogP contribution in [0.3, 0.4) is 0 Å². The maximum absolute atomic E-state index is 9.19. The summed E-state index contributed by atoms with van der Waals surface area (Å²) in [6, 6.07) is 0.452. The van der Waals surface area contributed by atoms with E-state index in [2.05, 4.69) is 0 Å². The zero-order valence-corrected chi connectivity index (χ0v) is 19.5. The number of rotatable bonds is 1. The first-order chi connectivity index (χ1) is 14.6. The highest BCUT2D eigenvalue weighted by Crippen LogP contribution is 2.64. The van der Waals surface area contributed by atoms with Crippen LogP contribution >= 0.6 is 0 Å². The van der Waals surface area contributed by atoms with E-state index >= 15 is 0 Å². The first kappa shape index (κ1) is 22.5. The fourth-order valence-corrected chi connectivity index (χ4v) is 7.96. The minimum atomic E-state index is -3.67. The fourth-order valence-electron chi connectivity index (χ4n) is 7.96. The minimum absolute atomic E-state index is 0.391. The summed E-state index contributed by atoms with van der Waals surface area (Å²) in [5, 5.41) is 0. The van der Waals surface area contributed by atoms with E-state index in [4.69, 9.17) is 24.8 Å². The smallest absolute Gasteiger partial charge is 0.261 e. The molecule has 7 rings (SSSR count). The number of nitrogens with two attached hydrogens (primary N) is 1. The van der Waals surface area contributed by atoms with Crippen molar-refractivity contribution in [3.63, 3.8) is 0 Å². The molecule has 8 heteroatoms. The molecule has 7 aliphatic rings. The summed E-state index contributed by atoms with van der Waals surface area (Å²) in [5.41, 5.74) is 6.10. The van der Waals surface area contributed by atoms with Crippen LogP contribution in [0.15, 0.2) is 0 Å². The lowest BCUT2D eigenvalue weighted by atomic mass is 9.53. The SMILES string of the molecule is CS(=O)(=O)O.NC1CCC(C2CCC3(CC2)OOC2(O3)C3CC4CC(C3)CC2C4)CC1. The van der Waals surface area contributed by atoms with Crippen molar-refractivity contribution in [3.8, 4) is 0 Å². The van der Waals surface area contributed by atoms with Crippen LogP contribution in [0.5, 0.6) is 0 Å². The molecule has 1 heterocycles. The summed E-state index contributed by atoms with van der Waals surface area (Å²) in [5.74, 6) is 3.92. The number of hydrogen-bond donors (Lipinski definition) is 2. The predicted molar refractivity (Wildman–Crippen MR) is 115 cm³/mol. The summed E-state index contributed by atoms with van der Waals surface area (Å²) in [6.07, 6.45) is 17.0. The van der Waals surface area contributed by atoms with E-state index in [0.717, 1.165) is 36.5 Å². The number of ether oxygens (including phenoxy) is 1. The predicted octanol–water partition coefficient (Wildman–Crippen LogP) is 4.03. The summed E-state index contributed by atoms with van der Waals surface area (Å²) in [6.45, 7) is 0. The molecule has 4 bridgehead atoms. The molecule has 31 heavy (non-hydrogen) atoms. The molecule has 7 nitrogen and oxygen atoms in total. The lowest BCUT2D eigenvalue weighted by Crippen LogP contribution is -2.59. The van der Waals surface area contributed by atoms with Gasteiger partial charge in [0.15, 0.2) is 0 Å². The van der Waals surface area contributed by atoms with Crippen LogP contribution in [-0.4, -0.2) is 36.8 Å². The van der Waals surface area contributed by atoms with Gasteiger partial charge in [-0.3, -0.25) is 4.55 Å². The van der Waals surface area contributed by atoms with E-state index in [-0.39, 0.29) is 0 Å². The lowest BCUT2D eigenvalue weighted by molar-refractivity contribution is -0.390. The van der Waals surface area contributed by atoms with Gasteiger partial charge in [-0.05, 0) is 94.3 Å². The highest BCUT2D eigenvalue weighted by Gasteiger charge is 2.66. The molecule has 0 aromatic carbocycles. The Balaban J connectivity index is 0.000000371. The summed E-state index contributed by atoms with van der Waals surface area (Å²) in [4.78, 5) is 12.2. The van der Waals surface area contributed by atoms with Crippen LogP contribution in [0.2, 0.25) is 0 Å². The topological polar surface area (TPSA) is 108 Å². The van der Waals surface area contributed by atoms with Gasteiger partial charge in [-0.15, -0.1) is 0 Å². The van der Waals surface area contributed by atoms with Gasteiger partial charge >= 0.3 is 0 Å². The van der Waals surface area contributed by atoms with Crippen LogP contribution in [0.4, 0.5) is 0 Å². The van der Waals surface area contributed by atoms with Gasteiger partial charge in [0.2, 0.25) is 11.6 Å². The van der Waals surface area contributed by atoms with Crippen LogP contribution in [0.25, 0.3) is 0 Å². The van der Waals surface area contributed by atoms with Crippen molar-refractivity contribution in [3.05, 3.63) is 0 Å². The van der Waals surface area contributed by atoms with E-state index in [9.17, 15) is 8.42 Å². The molecule has 6 aliphatic carbocycles. The van der Waals surface area contributed by atoms with E-state index in [0.29, 0.717) is 24.1 Å². The zero-order chi connectivity index (χ0) is 21.9. The molecule has 0 aromatic heterocycles. The van der Waals surface area contributed by atoms with Gasteiger partial charge in [-0.2, -0.15) is 18.2 Å². The quantitative estimate of drug-likeness (QED) is 0.452. The molecule has 0 aromatic rings. The molecule has 0 unspecified atom stereocenters. The molecule has 1 saturated heterocycles. The van der Waals surface area contributed by atoms with Crippen LogP contribution in [0, 0.1) is 35.5 Å².